The molecule has 0 saturated heterocycles. The van der Waals surface area contributed by atoms with Crippen molar-refractivity contribution in [3.8, 4) is 5.69 Å². The van der Waals surface area contributed by atoms with Crippen LogP contribution in [0.5, 0.6) is 0 Å². The SMILES string of the molecule is c1ccc(-n2c(CCP(c3ccccc3)c3ccccc3)nc3ccccc32)cc1. The van der Waals surface area contributed by atoms with Crippen LogP contribution in [-0.2, 0) is 6.42 Å². The van der Waals surface area contributed by atoms with Crippen molar-refractivity contribution in [3.05, 3.63) is 121 Å². The molecule has 0 aliphatic heterocycles. The molecule has 0 radical (unpaired) electrons. The topological polar surface area (TPSA) is 17.8 Å². The average Bonchev–Trinajstić information content (AvgIpc) is 3.19. The second kappa shape index (κ2) is 8.65. The van der Waals surface area contributed by atoms with Crippen LogP contribution in [0.3, 0.4) is 0 Å². The number of aryl methyl sites for hydroxylation is 1. The number of nitrogens with zero attached hydrogens (tertiary/aromatic N) is 2. The van der Waals surface area contributed by atoms with Crippen LogP contribution in [0.1, 0.15) is 5.82 Å². The van der Waals surface area contributed by atoms with Gasteiger partial charge in [-0.1, -0.05) is 91.0 Å². The Hall–Kier alpha value is -3.22. The summed E-state index contributed by atoms with van der Waals surface area (Å²) in [4.78, 5) is 5.02. The van der Waals surface area contributed by atoms with E-state index in [2.05, 4.69) is 120 Å². The fourth-order valence-corrected chi connectivity index (χ4v) is 6.25. The molecule has 5 rings (SSSR count). The molecule has 0 atom stereocenters. The summed E-state index contributed by atoms with van der Waals surface area (Å²) in [6, 6.07) is 40.8. The summed E-state index contributed by atoms with van der Waals surface area (Å²) in [6.07, 6.45) is 2.00. The summed E-state index contributed by atoms with van der Waals surface area (Å²) < 4.78 is 2.32. The third-order valence-corrected chi connectivity index (χ3v) is 7.85. The lowest BCUT2D eigenvalue weighted by Gasteiger charge is -2.19. The Morgan fingerprint density at radius 2 is 1.13 bits per heavy atom. The largest absolute Gasteiger partial charge is 0.296 e. The molecule has 0 saturated carbocycles. The fourth-order valence-electron chi connectivity index (χ4n) is 3.94. The molecule has 0 aliphatic rings. The van der Waals surface area contributed by atoms with Crippen molar-refractivity contribution in [2.75, 3.05) is 6.16 Å². The maximum Gasteiger partial charge on any atom is 0.114 e. The molecule has 0 amide bonds. The monoisotopic (exact) mass is 406 g/mol. The Morgan fingerprint density at radius 3 is 1.77 bits per heavy atom. The summed E-state index contributed by atoms with van der Waals surface area (Å²) in [5, 5.41) is 2.84. The van der Waals surface area contributed by atoms with Crippen LogP contribution in [-0.4, -0.2) is 15.7 Å². The number of aromatic nitrogens is 2. The fraction of sp³-hybridized carbons (Fsp3) is 0.0741. The van der Waals surface area contributed by atoms with Gasteiger partial charge < -0.3 is 0 Å². The first-order valence-electron chi connectivity index (χ1n) is 10.3. The van der Waals surface area contributed by atoms with Crippen LogP contribution in [0.15, 0.2) is 115 Å². The Bertz CT molecular complexity index is 1190. The number of hydrogen-bond acceptors (Lipinski definition) is 1. The van der Waals surface area contributed by atoms with Crippen molar-refractivity contribution in [2.24, 2.45) is 0 Å². The van der Waals surface area contributed by atoms with Gasteiger partial charge in [0.25, 0.3) is 0 Å². The molecule has 0 bridgehead atoms. The maximum atomic E-state index is 5.02. The van der Waals surface area contributed by atoms with E-state index in [1.807, 2.05) is 0 Å². The zero-order valence-electron chi connectivity index (χ0n) is 16.7. The first-order valence-corrected chi connectivity index (χ1v) is 11.8. The molecule has 0 aliphatic carbocycles. The van der Waals surface area contributed by atoms with Crippen molar-refractivity contribution >= 4 is 29.6 Å². The standard InChI is InChI=1S/C27H23N2P/c1-4-12-22(13-5-1)29-26-19-11-10-18-25(26)28-27(29)20-21-30(23-14-6-2-7-15-23)24-16-8-3-9-17-24/h1-19H,20-21H2. The van der Waals surface area contributed by atoms with E-state index in [0.29, 0.717) is 0 Å². The zero-order valence-corrected chi connectivity index (χ0v) is 17.6. The molecular weight excluding hydrogens is 383 g/mol. The van der Waals surface area contributed by atoms with Gasteiger partial charge in [0, 0.05) is 12.1 Å². The van der Waals surface area contributed by atoms with E-state index in [1.54, 1.807) is 0 Å². The third kappa shape index (κ3) is 3.79. The summed E-state index contributed by atoms with van der Waals surface area (Å²) in [5.41, 5.74) is 3.40. The van der Waals surface area contributed by atoms with E-state index < -0.39 is 7.92 Å². The van der Waals surface area contributed by atoms with E-state index in [4.69, 9.17) is 4.98 Å². The smallest absolute Gasteiger partial charge is 0.114 e. The van der Waals surface area contributed by atoms with Gasteiger partial charge in [0.1, 0.15) is 5.82 Å². The zero-order chi connectivity index (χ0) is 20.2. The molecule has 0 fully saturated rings. The number of imidazole rings is 1. The number of hydrogen-bond donors (Lipinski definition) is 0. The highest BCUT2D eigenvalue weighted by Gasteiger charge is 2.17. The van der Waals surface area contributed by atoms with Crippen LogP contribution in [0, 0.1) is 0 Å². The molecule has 0 unspecified atom stereocenters. The third-order valence-electron chi connectivity index (χ3n) is 5.34. The molecule has 4 aromatic carbocycles. The van der Waals surface area contributed by atoms with Gasteiger partial charge in [-0.25, -0.2) is 4.98 Å². The van der Waals surface area contributed by atoms with Gasteiger partial charge in [-0.15, -0.1) is 0 Å². The molecule has 5 aromatic rings. The Kier molecular flexibility index (Phi) is 5.42. The molecule has 146 valence electrons. The van der Waals surface area contributed by atoms with E-state index in [1.165, 1.54) is 21.8 Å². The molecule has 1 aromatic heterocycles. The van der Waals surface area contributed by atoms with Crippen molar-refractivity contribution in [2.45, 2.75) is 6.42 Å². The number of para-hydroxylation sites is 3. The minimum atomic E-state index is -0.438. The lowest BCUT2D eigenvalue weighted by Crippen LogP contribution is -2.16. The molecule has 3 heteroatoms. The summed E-state index contributed by atoms with van der Waals surface area (Å²) >= 11 is 0. The van der Waals surface area contributed by atoms with E-state index in [9.17, 15) is 0 Å². The second-order valence-electron chi connectivity index (χ2n) is 7.26. The van der Waals surface area contributed by atoms with Crippen LogP contribution in [0.25, 0.3) is 16.7 Å². The highest BCUT2D eigenvalue weighted by molar-refractivity contribution is 7.73. The van der Waals surface area contributed by atoms with Crippen molar-refractivity contribution < 1.29 is 0 Å². The molecular formula is C27H23N2P. The van der Waals surface area contributed by atoms with Crippen LogP contribution in [0.2, 0.25) is 0 Å². The molecule has 2 nitrogen and oxygen atoms in total. The molecule has 1 heterocycles. The minimum absolute atomic E-state index is 0.438. The normalized spacial score (nSPS) is 11.2. The molecule has 30 heavy (non-hydrogen) atoms. The lowest BCUT2D eigenvalue weighted by atomic mass is 10.2. The van der Waals surface area contributed by atoms with E-state index in [0.717, 1.165) is 23.9 Å². The van der Waals surface area contributed by atoms with Gasteiger partial charge in [-0.05, 0) is 49.0 Å². The lowest BCUT2D eigenvalue weighted by molar-refractivity contribution is 0.913. The van der Waals surface area contributed by atoms with Crippen molar-refractivity contribution in [1.82, 2.24) is 9.55 Å². The number of fused-ring (bicyclic) bond motifs is 1. The Labute approximate surface area is 178 Å². The van der Waals surface area contributed by atoms with Crippen LogP contribution >= 0.6 is 7.92 Å². The van der Waals surface area contributed by atoms with Gasteiger partial charge in [0.05, 0.1) is 11.0 Å². The molecule has 0 spiro atoms. The quantitative estimate of drug-likeness (QED) is 0.331. The summed E-state index contributed by atoms with van der Waals surface area (Å²) in [6.45, 7) is 0. The Balaban J connectivity index is 1.54. The van der Waals surface area contributed by atoms with Gasteiger partial charge in [-0.3, -0.25) is 4.57 Å². The first kappa shape index (κ1) is 18.8. The van der Waals surface area contributed by atoms with Gasteiger partial charge in [0.2, 0.25) is 0 Å². The predicted molar refractivity (Wildman–Crippen MR) is 129 cm³/mol. The van der Waals surface area contributed by atoms with Crippen LogP contribution < -0.4 is 10.6 Å². The maximum absolute atomic E-state index is 5.02. The van der Waals surface area contributed by atoms with E-state index >= 15 is 0 Å². The van der Waals surface area contributed by atoms with E-state index in [-0.39, 0.29) is 0 Å². The number of rotatable bonds is 6. The van der Waals surface area contributed by atoms with Crippen molar-refractivity contribution in [3.63, 3.8) is 0 Å². The first-order chi connectivity index (χ1) is 14.9. The van der Waals surface area contributed by atoms with Crippen molar-refractivity contribution in [1.29, 1.82) is 0 Å². The summed E-state index contributed by atoms with van der Waals surface area (Å²) in [5.74, 6) is 1.13. The number of benzene rings is 4. The second-order valence-corrected chi connectivity index (χ2v) is 9.60. The highest BCUT2D eigenvalue weighted by atomic mass is 31.1. The Morgan fingerprint density at radius 1 is 0.600 bits per heavy atom. The molecule has 0 N–H and O–H groups in total. The predicted octanol–water partition coefficient (Wildman–Crippen LogP) is 5.70. The summed E-state index contributed by atoms with van der Waals surface area (Å²) in [7, 11) is -0.438. The van der Waals surface area contributed by atoms with Gasteiger partial charge in [-0.2, -0.15) is 0 Å². The minimum Gasteiger partial charge on any atom is -0.296 e. The van der Waals surface area contributed by atoms with Gasteiger partial charge >= 0.3 is 0 Å². The average molecular weight is 406 g/mol. The van der Waals surface area contributed by atoms with Gasteiger partial charge in [0.15, 0.2) is 0 Å². The van der Waals surface area contributed by atoms with Crippen LogP contribution in [0.4, 0.5) is 0 Å². The highest BCUT2D eigenvalue weighted by Crippen LogP contribution is 2.35.